The van der Waals surface area contributed by atoms with Crippen molar-refractivity contribution in [2.24, 2.45) is 10.9 Å². The maximum Gasteiger partial charge on any atom is 0.191 e. The molecule has 1 fully saturated rings. The smallest absolute Gasteiger partial charge is 0.191 e. The van der Waals surface area contributed by atoms with Crippen molar-refractivity contribution >= 4 is 23.1 Å². The van der Waals surface area contributed by atoms with Crippen molar-refractivity contribution < 1.29 is 0 Å². The number of hydrogen-bond acceptors (Lipinski definition) is 5. The molecule has 0 aromatic carbocycles. The van der Waals surface area contributed by atoms with Gasteiger partial charge in [-0.2, -0.15) is 0 Å². The normalized spacial score (nSPS) is 15.6. The third-order valence-electron chi connectivity index (χ3n) is 5.38. The molecule has 3 heterocycles. The van der Waals surface area contributed by atoms with Crippen LogP contribution in [0.1, 0.15) is 47.8 Å². The molecule has 0 spiro atoms. The van der Waals surface area contributed by atoms with E-state index in [-0.39, 0.29) is 0 Å². The lowest BCUT2D eigenvalue weighted by Gasteiger charge is -2.31. The third-order valence-corrected chi connectivity index (χ3v) is 6.52. The van der Waals surface area contributed by atoms with Crippen molar-refractivity contribution in [1.82, 2.24) is 20.6 Å². The lowest BCUT2D eigenvalue weighted by Crippen LogP contribution is -2.38. The quantitative estimate of drug-likeness (QED) is 0.534. The number of aromatic nitrogens is 2. The number of aliphatic imine (C=N–C) groups is 1. The maximum absolute atomic E-state index is 4.71. The van der Waals surface area contributed by atoms with Crippen molar-refractivity contribution in [3.63, 3.8) is 0 Å². The van der Waals surface area contributed by atoms with Gasteiger partial charge in [0.25, 0.3) is 0 Å². The van der Waals surface area contributed by atoms with E-state index in [0.29, 0.717) is 6.54 Å². The molecular formula is C22H34N6S. The van der Waals surface area contributed by atoms with Crippen LogP contribution in [0.25, 0.3) is 0 Å². The summed E-state index contributed by atoms with van der Waals surface area (Å²) >= 11 is 1.78. The van der Waals surface area contributed by atoms with Crippen LogP contribution in [0.5, 0.6) is 0 Å². The highest BCUT2D eigenvalue weighted by molar-refractivity contribution is 7.11. The summed E-state index contributed by atoms with van der Waals surface area (Å²) in [6, 6.07) is 4.28. The number of piperidine rings is 1. The summed E-state index contributed by atoms with van der Waals surface area (Å²) in [5.41, 5.74) is 2.27. The molecule has 0 unspecified atom stereocenters. The van der Waals surface area contributed by atoms with Crippen LogP contribution in [0.15, 0.2) is 23.3 Å². The minimum atomic E-state index is 0.620. The molecule has 1 aliphatic rings. The summed E-state index contributed by atoms with van der Waals surface area (Å²) in [5.74, 6) is 2.76. The van der Waals surface area contributed by atoms with E-state index in [1.807, 2.05) is 6.20 Å². The number of nitrogens with one attached hydrogen (secondary N) is 2. The first-order valence-corrected chi connectivity index (χ1v) is 11.5. The van der Waals surface area contributed by atoms with Crippen LogP contribution < -0.4 is 15.5 Å². The second-order valence-corrected chi connectivity index (χ2v) is 9.10. The molecule has 0 aliphatic carbocycles. The van der Waals surface area contributed by atoms with Gasteiger partial charge in [-0.3, -0.25) is 0 Å². The van der Waals surface area contributed by atoms with Crippen molar-refractivity contribution in [1.29, 1.82) is 0 Å². The standard InChI is InChI=1S/C22H34N6S/c1-5-23-22(24-11-8-21-27-17(3)18(4)29-21)26-15-19-6-7-20(25-14-19)28-12-9-16(2)10-13-28/h6-7,14,16H,5,8-13,15H2,1-4H3,(H2,23,24,26). The van der Waals surface area contributed by atoms with Gasteiger partial charge < -0.3 is 15.5 Å². The van der Waals surface area contributed by atoms with Crippen LogP contribution in [0.4, 0.5) is 5.82 Å². The summed E-state index contributed by atoms with van der Waals surface area (Å²) in [5, 5.41) is 7.90. The molecule has 2 N–H and O–H groups in total. The Morgan fingerprint density at radius 1 is 1.24 bits per heavy atom. The van der Waals surface area contributed by atoms with Gasteiger partial charge in [0.1, 0.15) is 5.82 Å². The molecular weight excluding hydrogens is 380 g/mol. The SMILES string of the molecule is CCNC(=NCc1ccc(N2CCC(C)CC2)nc1)NCCc1nc(C)c(C)s1. The number of guanidine groups is 1. The summed E-state index contributed by atoms with van der Waals surface area (Å²) in [6.45, 7) is 13.1. The van der Waals surface area contributed by atoms with Gasteiger partial charge >= 0.3 is 0 Å². The Kier molecular flexibility index (Phi) is 7.86. The molecule has 158 valence electrons. The fourth-order valence-electron chi connectivity index (χ4n) is 3.38. The molecule has 3 rings (SSSR count). The highest BCUT2D eigenvalue weighted by Crippen LogP contribution is 2.21. The maximum atomic E-state index is 4.71. The zero-order valence-electron chi connectivity index (χ0n) is 18.2. The van der Waals surface area contributed by atoms with Crippen LogP contribution in [0, 0.1) is 19.8 Å². The van der Waals surface area contributed by atoms with Crippen molar-refractivity contribution in [3.05, 3.63) is 39.5 Å². The second-order valence-electron chi connectivity index (χ2n) is 7.82. The highest BCUT2D eigenvalue weighted by atomic mass is 32.1. The van der Waals surface area contributed by atoms with Crippen molar-refractivity contribution in [2.75, 3.05) is 31.1 Å². The monoisotopic (exact) mass is 414 g/mol. The lowest BCUT2D eigenvalue weighted by atomic mass is 9.99. The Morgan fingerprint density at radius 2 is 2.03 bits per heavy atom. The van der Waals surface area contributed by atoms with Gasteiger partial charge in [0, 0.05) is 43.7 Å². The molecule has 0 amide bonds. The first kappa shape index (κ1) is 21.6. The molecule has 0 saturated carbocycles. The minimum absolute atomic E-state index is 0.620. The molecule has 2 aromatic rings. The summed E-state index contributed by atoms with van der Waals surface area (Å²) in [6.07, 6.45) is 5.38. The molecule has 2 aromatic heterocycles. The number of thiazole rings is 1. The van der Waals surface area contributed by atoms with Gasteiger partial charge in [-0.1, -0.05) is 13.0 Å². The predicted octanol–water partition coefficient (Wildman–Crippen LogP) is 3.69. The van der Waals surface area contributed by atoms with E-state index in [4.69, 9.17) is 4.99 Å². The number of anilines is 1. The molecule has 6 nitrogen and oxygen atoms in total. The Labute approximate surface area is 178 Å². The Bertz CT molecular complexity index is 771. The van der Waals surface area contributed by atoms with Crippen molar-refractivity contribution in [2.45, 2.75) is 53.5 Å². The lowest BCUT2D eigenvalue weighted by molar-refractivity contribution is 0.436. The van der Waals surface area contributed by atoms with Gasteiger partial charge in [-0.05, 0) is 51.2 Å². The molecule has 0 atom stereocenters. The van der Waals surface area contributed by atoms with Gasteiger partial charge in [-0.25, -0.2) is 15.0 Å². The first-order chi connectivity index (χ1) is 14.0. The third kappa shape index (κ3) is 6.42. The van der Waals surface area contributed by atoms with Crippen LogP contribution in [0.2, 0.25) is 0 Å². The van der Waals surface area contributed by atoms with Gasteiger partial charge in [0.05, 0.1) is 17.2 Å². The van der Waals surface area contributed by atoms with Crippen LogP contribution in [0.3, 0.4) is 0 Å². The number of nitrogens with zero attached hydrogens (tertiary/aromatic N) is 4. The summed E-state index contributed by atoms with van der Waals surface area (Å²) < 4.78 is 0. The average Bonchev–Trinajstić information content (AvgIpc) is 3.04. The van der Waals surface area contributed by atoms with E-state index in [1.54, 1.807) is 11.3 Å². The molecule has 1 aliphatic heterocycles. The summed E-state index contributed by atoms with van der Waals surface area (Å²) in [7, 11) is 0. The van der Waals surface area contributed by atoms with Gasteiger partial charge in [-0.15, -0.1) is 11.3 Å². The molecule has 29 heavy (non-hydrogen) atoms. The fraction of sp³-hybridized carbons (Fsp3) is 0.591. The van der Waals surface area contributed by atoms with E-state index in [2.05, 4.69) is 65.3 Å². The largest absolute Gasteiger partial charge is 0.357 e. The molecule has 7 heteroatoms. The van der Waals surface area contributed by atoms with Crippen LogP contribution in [-0.4, -0.2) is 42.1 Å². The zero-order chi connectivity index (χ0) is 20.6. The van der Waals surface area contributed by atoms with E-state index in [9.17, 15) is 0 Å². The van der Waals surface area contributed by atoms with Crippen LogP contribution in [-0.2, 0) is 13.0 Å². The average molecular weight is 415 g/mol. The molecule has 1 saturated heterocycles. The fourth-order valence-corrected chi connectivity index (χ4v) is 4.31. The Hall–Kier alpha value is -2.15. The number of pyridine rings is 1. The number of rotatable bonds is 7. The van der Waals surface area contributed by atoms with Gasteiger partial charge in [0.15, 0.2) is 5.96 Å². The Morgan fingerprint density at radius 3 is 2.66 bits per heavy atom. The van der Waals surface area contributed by atoms with E-state index in [0.717, 1.165) is 61.6 Å². The Balaban J connectivity index is 1.51. The van der Waals surface area contributed by atoms with Crippen molar-refractivity contribution in [3.8, 4) is 0 Å². The minimum Gasteiger partial charge on any atom is -0.357 e. The first-order valence-electron chi connectivity index (χ1n) is 10.7. The van der Waals surface area contributed by atoms with E-state index in [1.165, 1.54) is 22.7 Å². The molecule has 0 radical (unpaired) electrons. The van der Waals surface area contributed by atoms with E-state index < -0.39 is 0 Å². The summed E-state index contributed by atoms with van der Waals surface area (Å²) in [4.78, 5) is 17.7. The van der Waals surface area contributed by atoms with E-state index >= 15 is 0 Å². The van der Waals surface area contributed by atoms with Crippen LogP contribution >= 0.6 is 11.3 Å². The number of aryl methyl sites for hydroxylation is 2. The highest BCUT2D eigenvalue weighted by Gasteiger charge is 2.16. The topological polar surface area (TPSA) is 65.4 Å². The number of hydrogen-bond donors (Lipinski definition) is 2. The zero-order valence-corrected chi connectivity index (χ0v) is 19.0. The second kappa shape index (κ2) is 10.6. The van der Waals surface area contributed by atoms with Gasteiger partial charge in [0.2, 0.25) is 0 Å². The predicted molar refractivity (Wildman–Crippen MR) is 123 cm³/mol. The molecule has 0 bridgehead atoms.